The van der Waals surface area contributed by atoms with Crippen molar-refractivity contribution in [2.75, 3.05) is 30.4 Å². The predicted molar refractivity (Wildman–Crippen MR) is 70.1 cm³/mol. The van der Waals surface area contributed by atoms with E-state index in [1.54, 1.807) is 0 Å². The van der Waals surface area contributed by atoms with Gasteiger partial charge in [0.25, 0.3) is 0 Å². The van der Waals surface area contributed by atoms with Crippen molar-refractivity contribution in [1.29, 1.82) is 0 Å². The van der Waals surface area contributed by atoms with Crippen LogP contribution in [0.5, 0.6) is 0 Å². The number of nitrogens with two attached hydrogens (primary N) is 1. The minimum Gasteiger partial charge on any atom is -0.373 e. The number of carbonyl (C=O) groups excluding carboxylic acids is 1. The molecule has 0 aliphatic heterocycles. The Bertz CT molecular complexity index is 384. The fourth-order valence-corrected chi connectivity index (χ4v) is 1.71. The van der Waals surface area contributed by atoms with Crippen molar-refractivity contribution in [2.24, 2.45) is 11.7 Å². The molecule has 1 amide bonds. The number of anilines is 2. The molecule has 0 aromatic heterocycles. The van der Waals surface area contributed by atoms with E-state index in [4.69, 9.17) is 5.73 Å². The van der Waals surface area contributed by atoms with E-state index < -0.39 is 0 Å². The minimum atomic E-state index is 0.146. The van der Waals surface area contributed by atoms with Crippen LogP contribution in [0.3, 0.4) is 0 Å². The quantitative estimate of drug-likeness (QED) is 0.809. The van der Waals surface area contributed by atoms with Crippen LogP contribution in [0.1, 0.15) is 12.8 Å². The minimum absolute atomic E-state index is 0.146. The summed E-state index contributed by atoms with van der Waals surface area (Å²) in [5.41, 5.74) is 7.48. The zero-order chi connectivity index (χ0) is 12.3. The third kappa shape index (κ3) is 3.20. The second-order valence-corrected chi connectivity index (χ2v) is 4.52. The molecule has 92 valence electrons. The van der Waals surface area contributed by atoms with Gasteiger partial charge in [0.1, 0.15) is 0 Å². The summed E-state index contributed by atoms with van der Waals surface area (Å²) in [7, 11) is 2.00. The van der Waals surface area contributed by atoms with Crippen LogP contribution >= 0.6 is 0 Å². The van der Waals surface area contributed by atoms with E-state index in [0.29, 0.717) is 6.54 Å². The molecule has 0 saturated heterocycles. The first-order valence-corrected chi connectivity index (χ1v) is 6.03. The molecule has 1 saturated carbocycles. The van der Waals surface area contributed by atoms with E-state index >= 15 is 0 Å². The van der Waals surface area contributed by atoms with Crippen LogP contribution < -0.4 is 16.0 Å². The van der Waals surface area contributed by atoms with Crippen molar-refractivity contribution in [3.05, 3.63) is 24.3 Å². The zero-order valence-electron chi connectivity index (χ0n) is 10.1. The molecule has 0 radical (unpaired) electrons. The Morgan fingerprint density at radius 1 is 1.41 bits per heavy atom. The van der Waals surface area contributed by atoms with Crippen LogP contribution in [0.25, 0.3) is 0 Å². The lowest BCUT2D eigenvalue weighted by Crippen LogP contribution is -2.24. The highest BCUT2D eigenvalue weighted by molar-refractivity contribution is 5.94. The summed E-state index contributed by atoms with van der Waals surface area (Å²) in [6.45, 7) is 1.46. The maximum Gasteiger partial charge on any atom is 0.227 e. The summed E-state index contributed by atoms with van der Waals surface area (Å²) >= 11 is 0. The molecule has 0 unspecified atom stereocenters. The van der Waals surface area contributed by atoms with Crippen molar-refractivity contribution >= 4 is 17.3 Å². The van der Waals surface area contributed by atoms with Gasteiger partial charge in [0.05, 0.1) is 0 Å². The van der Waals surface area contributed by atoms with Crippen molar-refractivity contribution in [2.45, 2.75) is 12.8 Å². The molecule has 1 aromatic rings. The molecule has 3 N–H and O–H groups in total. The van der Waals surface area contributed by atoms with Gasteiger partial charge in [-0.1, -0.05) is 0 Å². The smallest absolute Gasteiger partial charge is 0.227 e. The standard InChI is InChI=1S/C13H19N3O/c1-16(9-8-14)12-6-4-11(5-7-12)15-13(17)10-2-3-10/h4-7,10H,2-3,8-9,14H2,1H3,(H,15,17). The third-order valence-electron chi connectivity index (χ3n) is 2.99. The van der Waals surface area contributed by atoms with Gasteiger partial charge in [0.15, 0.2) is 0 Å². The molecule has 0 heterocycles. The number of rotatable bonds is 5. The average molecular weight is 233 g/mol. The van der Waals surface area contributed by atoms with Crippen molar-refractivity contribution in [3.63, 3.8) is 0 Å². The van der Waals surface area contributed by atoms with E-state index in [9.17, 15) is 4.79 Å². The summed E-state index contributed by atoms with van der Waals surface area (Å²) in [5.74, 6) is 0.391. The van der Waals surface area contributed by atoms with Crippen LogP contribution in [-0.4, -0.2) is 26.0 Å². The Hall–Kier alpha value is -1.55. The van der Waals surface area contributed by atoms with E-state index in [-0.39, 0.29) is 11.8 Å². The average Bonchev–Trinajstić information content (AvgIpc) is 3.14. The van der Waals surface area contributed by atoms with Crippen LogP contribution in [0.4, 0.5) is 11.4 Å². The maximum absolute atomic E-state index is 11.6. The van der Waals surface area contributed by atoms with Gasteiger partial charge in [0, 0.05) is 37.4 Å². The number of benzene rings is 1. The SMILES string of the molecule is CN(CCN)c1ccc(NC(=O)C2CC2)cc1. The van der Waals surface area contributed by atoms with Crippen molar-refractivity contribution in [3.8, 4) is 0 Å². The number of likely N-dealkylation sites (N-methyl/N-ethyl adjacent to an activating group) is 1. The van der Waals surface area contributed by atoms with Crippen LogP contribution in [0.15, 0.2) is 24.3 Å². The van der Waals surface area contributed by atoms with Gasteiger partial charge in [-0.3, -0.25) is 4.79 Å². The first-order chi connectivity index (χ1) is 8.20. The normalized spacial score (nSPS) is 14.5. The molecular weight excluding hydrogens is 214 g/mol. The summed E-state index contributed by atoms with van der Waals surface area (Å²) < 4.78 is 0. The number of carbonyl (C=O) groups is 1. The number of nitrogens with zero attached hydrogens (tertiary/aromatic N) is 1. The lowest BCUT2D eigenvalue weighted by molar-refractivity contribution is -0.117. The molecule has 0 spiro atoms. The summed E-state index contributed by atoms with van der Waals surface area (Å²) in [6, 6.07) is 7.86. The van der Waals surface area contributed by atoms with Gasteiger partial charge in [0.2, 0.25) is 5.91 Å². The molecule has 2 rings (SSSR count). The Labute approximate surface area is 102 Å². The van der Waals surface area contributed by atoms with Crippen LogP contribution in [0.2, 0.25) is 0 Å². The van der Waals surface area contributed by atoms with Gasteiger partial charge in [-0.25, -0.2) is 0 Å². The Kier molecular flexibility index (Phi) is 3.64. The number of hydrogen-bond acceptors (Lipinski definition) is 3. The zero-order valence-corrected chi connectivity index (χ0v) is 10.1. The number of amides is 1. The molecule has 4 heteroatoms. The molecule has 0 atom stereocenters. The fourth-order valence-electron chi connectivity index (χ4n) is 1.71. The van der Waals surface area contributed by atoms with Gasteiger partial charge in [-0.05, 0) is 37.1 Å². The van der Waals surface area contributed by atoms with Crippen LogP contribution in [0, 0.1) is 5.92 Å². The fraction of sp³-hybridized carbons (Fsp3) is 0.462. The largest absolute Gasteiger partial charge is 0.373 e. The summed E-state index contributed by atoms with van der Waals surface area (Å²) in [6.07, 6.45) is 2.06. The van der Waals surface area contributed by atoms with Crippen molar-refractivity contribution in [1.82, 2.24) is 0 Å². The molecule has 1 aliphatic rings. The van der Waals surface area contributed by atoms with Gasteiger partial charge in [-0.15, -0.1) is 0 Å². The lowest BCUT2D eigenvalue weighted by Gasteiger charge is -2.18. The van der Waals surface area contributed by atoms with E-state index in [2.05, 4.69) is 10.2 Å². The Morgan fingerprint density at radius 3 is 2.59 bits per heavy atom. The van der Waals surface area contributed by atoms with Gasteiger partial charge < -0.3 is 16.0 Å². The highest BCUT2D eigenvalue weighted by Crippen LogP contribution is 2.30. The van der Waals surface area contributed by atoms with Crippen molar-refractivity contribution < 1.29 is 4.79 Å². The van der Waals surface area contributed by atoms with Gasteiger partial charge >= 0.3 is 0 Å². The lowest BCUT2D eigenvalue weighted by atomic mass is 10.2. The highest BCUT2D eigenvalue weighted by Gasteiger charge is 2.29. The molecular formula is C13H19N3O. The molecule has 1 aliphatic carbocycles. The van der Waals surface area contributed by atoms with E-state index in [1.807, 2.05) is 31.3 Å². The first kappa shape index (κ1) is 11.9. The highest BCUT2D eigenvalue weighted by atomic mass is 16.2. The maximum atomic E-state index is 11.6. The molecule has 0 bridgehead atoms. The molecule has 1 aromatic carbocycles. The molecule has 1 fully saturated rings. The predicted octanol–water partition coefficient (Wildman–Crippen LogP) is 1.43. The number of nitrogens with one attached hydrogen (secondary N) is 1. The molecule has 4 nitrogen and oxygen atoms in total. The topological polar surface area (TPSA) is 58.4 Å². The summed E-state index contributed by atoms with van der Waals surface area (Å²) in [4.78, 5) is 13.6. The monoisotopic (exact) mass is 233 g/mol. The van der Waals surface area contributed by atoms with Gasteiger partial charge in [-0.2, -0.15) is 0 Å². The first-order valence-electron chi connectivity index (χ1n) is 6.03. The third-order valence-corrected chi connectivity index (χ3v) is 2.99. The number of hydrogen-bond donors (Lipinski definition) is 2. The second-order valence-electron chi connectivity index (χ2n) is 4.52. The van der Waals surface area contributed by atoms with Crippen LogP contribution in [-0.2, 0) is 4.79 Å². The van der Waals surface area contributed by atoms with E-state index in [0.717, 1.165) is 30.8 Å². The summed E-state index contributed by atoms with van der Waals surface area (Å²) in [5, 5.41) is 2.92. The Morgan fingerprint density at radius 2 is 2.06 bits per heavy atom. The van der Waals surface area contributed by atoms with E-state index in [1.165, 1.54) is 0 Å². The molecule has 17 heavy (non-hydrogen) atoms. The Balaban J connectivity index is 1.94. The second kappa shape index (κ2) is 5.19.